The molecule has 0 aliphatic rings. The van der Waals surface area contributed by atoms with Gasteiger partial charge in [-0.25, -0.2) is 0 Å². The molecule has 0 aliphatic heterocycles. The first-order valence-corrected chi connectivity index (χ1v) is 8.33. The molecule has 2 aromatic heterocycles. The smallest absolute Gasteiger partial charge is 0.306 e. The summed E-state index contributed by atoms with van der Waals surface area (Å²) in [6.45, 7) is 2.54. The average molecular weight is 322 g/mol. The number of H-pyrrole nitrogens is 1. The van der Waals surface area contributed by atoms with Crippen molar-refractivity contribution in [2.24, 2.45) is 0 Å². The van der Waals surface area contributed by atoms with Crippen LogP contribution in [0.2, 0.25) is 0 Å². The summed E-state index contributed by atoms with van der Waals surface area (Å²) >= 11 is 0. The van der Waals surface area contributed by atoms with Crippen LogP contribution in [0.25, 0.3) is 10.9 Å². The zero-order valence-corrected chi connectivity index (χ0v) is 13.9. The van der Waals surface area contributed by atoms with Crippen LogP contribution in [0, 0.1) is 6.92 Å². The van der Waals surface area contributed by atoms with Gasteiger partial charge in [-0.15, -0.1) is 0 Å². The summed E-state index contributed by atoms with van der Waals surface area (Å²) in [5, 5.41) is 1.19. The summed E-state index contributed by atoms with van der Waals surface area (Å²) in [4.78, 5) is 19.2. The second kappa shape index (κ2) is 7.77. The maximum atomic E-state index is 11.9. The highest BCUT2D eigenvalue weighted by Crippen LogP contribution is 2.20. The number of pyridine rings is 1. The Morgan fingerprint density at radius 3 is 2.83 bits per heavy atom. The van der Waals surface area contributed by atoms with Crippen LogP contribution in [0.4, 0.5) is 0 Å². The van der Waals surface area contributed by atoms with Crippen molar-refractivity contribution in [3.8, 4) is 0 Å². The number of aromatic nitrogens is 2. The Morgan fingerprint density at radius 1 is 1.17 bits per heavy atom. The third-order valence-electron chi connectivity index (χ3n) is 4.14. The van der Waals surface area contributed by atoms with Crippen molar-refractivity contribution in [3.05, 3.63) is 65.6 Å². The van der Waals surface area contributed by atoms with Crippen LogP contribution < -0.4 is 0 Å². The van der Waals surface area contributed by atoms with E-state index in [1.54, 1.807) is 12.4 Å². The maximum Gasteiger partial charge on any atom is 0.306 e. The van der Waals surface area contributed by atoms with Gasteiger partial charge in [0.15, 0.2) is 0 Å². The molecule has 0 unspecified atom stereocenters. The van der Waals surface area contributed by atoms with Crippen molar-refractivity contribution in [2.45, 2.75) is 32.6 Å². The molecule has 1 aromatic carbocycles. The number of ether oxygens (including phenoxy) is 1. The van der Waals surface area contributed by atoms with Gasteiger partial charge in [0.25, 0.3) is 0 Å². The molecule has 0 amide bonds. The van der Waals surface area contributed by atoms with Crippen molar-refractivity contribution >= 4 is 16.9 Å². The first kappa shape index (κ1) is 16.2. The number of hydrogen-bond donors (Lipinski definition) is 1. The van der Waals surface area contributed by atoms with Gasteiger partial charge in [0.1, 0.15) is 0 Å². The number of nitrogens with zero attached hydrogens (tertiary/aromatic N) is 1. The molecule has 0 spiro atoms. The molecule has 0 bridgehead atoms. The predicted octanol–water partition coefficient (Wildman–Crippen LogP) is 3.98. The number of carbonyl (C=O) groups is 1. The number of nitrogens with one attached hydrogen (secondary N) is 1. The lowest BCUT2D eigenvalue weighted by molar-refractivity contribution is -0.143. The van der Waals surface area contributed by atoms with E-state index in [4.69, 9.17) is 4.74 Å². The van der Waals surface area contributed by atoms with E-state index in [1.165, 1.54) is 22.1 Å². The van der Waals surface area contributed by atoms with Crippen LogP contribution in [0.5, 0.6) is 0 Å². The summed E-state index contributed by atoms with van der Waals surface area (Å²) in [6.07, 6.45) is 8.40. The van der Waals surface area contributed by atoms with E-state index in [1.807, 2.05) is 18.3 Å². The molecule has 0 atom stereocenters. The Morgan fingerprint density at radius 2 is 2.00 bits per heavy atom. The summed E-state index contributed by atoms with van der Waals surface area (Å²) < 4.78 is 5.33. The van der Waals surface area contributed by atoms with Crippen LogP contribution in [-0.4, -0.2) is 22.5 Å². The lowest BCUT2D eigenvalue weighted by atomic mass is 10.1. The van der Waals surface area contributed by atoms with Gasteiger partial charge in [0, 0.05) is 35.9 Å². The normalized spacial score (nSPS) is 10.9. The van der Waals surface area contributed by atoms with E-state index in [0.29, 0.717) is 19.4 Å². The minimum Gasteiger partial charge on any atom is -0.466 e. The SMILES string of the molecule is Cc1ccc2c(CCC(=O)OCCCc3ccncc3)c[nH]c2c1. The largest absolute Gasteiger partial charge is 0.466 e. The summed E-state index contributed by atoms with van der Waals surface area (Å²) in [5.41, 5.74) is 4.73. The Hall–Kier alpha value is -2.62. The number of fused-ring (bicyclic) bond motifs is 1. The molecule has 1 N–H and O–H groups in total. The fourth-order valence-corrected chi connectivity index (χ4v) is 2.83. The molecular formula is C20H22N2O2. The highest BCUT2D eigenvalue weighted by Gasteiger charge is 2.08. The van der Waals surface area contributed by atoms with E-state index in [9.17, 15) is 4.79 Å². The summed E-state index contributed by atoms with van der Waals surface area (Å²) in [7, 11) is 0. The molecule has 24 heavy (non-hydrogen) atoms. The molecule has 2 heterocycles. The van der Waals surface area contributed by atoms with Crippen molar-refractivity contribution in [3.63, 3.8) is 0 Å². The van der Waals surface area contributed by atoms with Gasteiger partial charge in [-0.1, -0.05) is 12.1 Å². The quantitative estimate of drug-likeness (QED) is 0.529. The van der Waals surface area contributed by atoms with Gasteiger partial charge < -0.3 is 9.72 Å². The monoisotopic (exact) mass is 322 g/mol. The molecule has 4 nitrogen and oxygen atoms in total. The molecule has 0 radical (unpaired) electrons. The molecule has 3 rings (SSSR count). The topological polar surface area (TPSA) is 55.0 Å². The fourth-order valence-electron chi connectivity index (χ4n) is 2.83. The minimum atomic E-state index is -0.133. The Bertz CT molecular complexity index is 809. The second-order valence-electron chi connectivity index (χ2n) is 6.04. The Balaban J connectivity index is 1.42. The molecule has 0 fully saturated rings. The first-order chi connectivity index (χ1) is 11.7. The number of carbonyl (C=O) groups excluding carboxylic acids is 1. The molecular weight excluding hydrogens is 300 g/mol. The van der Waals surface area contributed by atoms with Crippen LogP contribution in [-0.2, 0) is 22.4 Å². The van der Waals surface area contributed by atoms with Crippen molar-refractivity contribution < 1.29 is 9.53 Å². The van der Waals surface area contributed by atoms with Crippen LogP contribution in [0.15, 0.2) is 48.9 Å². The second-order valence-corrected chi connectivity index (χ2v) is 6.04. The number of hydrogen-bond acceptors (Lipinski definition) is 3. The van der Waals surface area contributed by atoms with Crippen molar-refractivity contribution in [1.29, 1.82) is 0 Å². The number of rotatable bonds is 7. The van der Waals surface area contributed by atoms with E-state index >= 15 is 0 Å². The molecule has 0 saturated carbocycles. The first-order valence-electron chi connectivity index (χ1n) is 8.33. The van der Waals surface area contributed by atoms with E-state index < -0.39 is 0 Å². The molecule has 3 aromatic rings. The van der Waals surface area contributed by atoms with E-state index in [2.05, 4.69) is 35.1 Å². The lowest BCUT2D eigenvalue weighted by Crippen LogP contribution is -2.07. The summed E-state index contributed by atoms with van der Waals surface area (Å²) in [5.74, 6) is -0.133. The van der Waals surface area contributed by atoms with Gasteiger partial charge in [0.2, 0.25) is 0 Å². The van der Waals surface area contributed by atoms with Crippen LogP contribution in [0.3, 0.4) is 0 Å². The van der Waals surface area contributed by atoms with Gasteiger partial charge in [0.05, 0.1) is 6.61 Å². The highest BCUT2D eigenvalue weighted by molar-refractivity contribution is 5.84. The number of esters is 1. The number of aromatic amines is 1. The Labute approximate surface area is 141 Å². The summed E-state index contributed by atoms with van der Waals surface area (Å²) in [6, 6.07) is 10.3. The standard InChI is InChI=1S/C20H22N2O2/c1-15-4-6-18-17(14-22-19(18)13-15)5-7-20(23)24-12-2-3-16-8-10-21-11-9-16/h4,6,8-11,13-14,22H,2-3,5,7,12H2,1H3. The average Bonchev–Trinajstić information content (AvgIpc) is 3.00. The van der Waals surface area contributed by atoms with Crippen LogP contribution in [0.1, 0.15) is 29.5 Å². The zero-order chi connectivity index (χ0) is 16.8. The lowest BCUT2D eigenvalue weighted by Gasteiger charge is -2.05. The Kier molecular flexibility index (Phi) is 5.26. The van der Waals surface area contributed by atoms with Gasteiger partial charge >= 0.3 is 5.97 Å². The van der Waals surface area contributed by atoms with E-state index in [-0.39, 0.29) is 5.97 Å². The molecule has 0 saturated heterocycles. The van der Waals surface area contributed by atoms with Gasteiger partial charge in [-0.2, -0.15) is 0 Å². The fraction of sp³-hybridized carbons (Fsp3) is 0.300. The number of benzene rings is 1. The van der Waals surface area contributed by atoms with Gasteiger partial charge in [-0.3, -0.25) is 9.78 Å². The third-order valence-corrected chi connectivity index (χ3v) is 4.14. The predicted molar refractivity (Wildman–Crippen MR) is 94.9 cm³/mol. The maximum absolute atomic E-state index is 11.9. The molecule has 4 heteroatoms. The molecule has 0 aliphatic carbocycles. The van der Waals surface area contributed by atoms with Crippen LogP contribution >= 0.6 is 0 Å². The minimum absolute atomic E-state index is 0.133. The molecule has 124 valence electrons. The van der Waals surface area contributed by atoms with Crippen molar-refractivity contribution in [1.82, 2.24) is 9.97 Å². The number of aryl methyl sites for hydroxylation is 3. The third kappa shape index (κ3) is 4.22. The van der Waals surface area contributed by atoms with Gasteiger partial charge in [-0.05, 0) is 61.1 Å². The zero-order valence-electron chi connectivity index (χ0n) is 13.9. The van der Waals surface area contributed by atoms with Crippen molar-refractivity contribution in [2.75, 3.05) is 6.61 Å². The highest BCUT2D eigenvalue weighted by atomic mass is 16.5. The van der Waals surface area contributed by atoms with E-state index in [0.717, 1.165) is 18.4 Å².